The van der Waals surface area contributed by atoms with Gasteiger partial charge in [-0.05, 0) is 61.1 Å². The molecule has 0 aromatic heterocycles. The number of piperidine rings is 1. The third-order valence-corrected chi connectivity index (χ3v) is 7.72. The molecule has 2 aromatic carbocycles. The van der Waals surface area contributed by atoms with Gasteiger partial charge in [0, 0.05) is 61.9 Å². The number of anilines is 2. The minimum absolute atomic E-state index is 0.0120. The van der Waals surface area contributed by atoms with E-state index in [9.17, 15) is 0 Å². The summed E-state index contributed by atoms with van der Waals surface area (Å²) >= 11 is 0. The van der Waals surface area contributed by atoms with E-state index < -0.39 is 0 Å². The zero-order valence-electron chi connectivity index (χ0n) is 20.4. The van der Waals surface area contributed by atoms with Crippen LogP contribution in [0.25, 0.3) is 0 Å². The SMILES string of the molecule is CN=Cc1c(N)cccc1C(NC)c1cccc(C)c1NC1CC=C(N2CC3C(N)C3C2)NC1. The second kappa shape index (κ2) is 9.31. The van der Waals surface area contributed by atoms with Crippen LogP contribution in [0.1, 0.15) is 34.7 Å². The van der Waals surface area contributed by atoms with Crippen LogP contribution in [0.5, 0.6) is 0 Å². The molecule has 4 unspecified atom stereocenters. The number of aryl methyl sites for hydroxylation is 1. The van der Waals surface area contributed by atoms with Crippen molar-refractivity contribution in [1.29, 1.82) is 0 Å². The van der Waals surface area contributed by atoms with Crippen LogP contribution in [0, 0.1) is 18.8 Å². The summed E-state index contributed by atoms with van der Waals surface area (Å²) in [4.78, 5) is 6.72. The van der Waals surface area contributed by atoms with Crippen molar-refractivity contribution in [2.45, 2.75) is 31.5 Å². The monoisotopic (exact) mass is 459 g/mol. The first-order valence-electron chi connectivity index (χ1n) is 12.3. The lowest BCUT2D eigenvalue weighted by Gasteiger charge is -2.33. The fourth-order valence-electron chi connectivity index (χ4n) is 5.70. The van der Waals surface area contributed by atoms with E-state index in [0.29, 0.717) is 23.9 Å². The summed E-state index contributed by atoms with van der Waals surface area (Å²) in [6.45, 7) is 5.26. The van der Waals surface area contributed by atoms with E-state index in [0.717, 1.165) is 42.9 Å². The van der Waals surface area contributed by atoms with Gasteiger partial charge < -0.3 is 32.3 Å². The Bertz CT molecular complexity index is 1100. The van der Waals surface area contributed by atoms with Crippen molar-refractivity contribution in [3.05, 3.63) is 70.5 Å². The van der Waals surface area contributed by atoms with Crippen molar-refractivity contribution in [1.82, 2.24) is 15.5 Å². The van der Waals surface area contributed by atoms with E-state index in [-0.39, 0.29) is 6.04 Å². The standard InChI is InChI=1S/C27H37N7/c1-16-6-4-8-19(27(31-3)18-7-5-9-23(28)20(18)13-30-2)26(16)33-17-10-11-24(32-12-17)34-14-21-22(15-34)25(21)29/h4-9,11,13,17,21-22,25,27,31-33H,10,12,14-15,28-29H2,1-3H3. The van der Waals surface area contributed by atoms with Crippen molar-refractivity contribution in [2.24, 2.45) is 22.6 Å². The van der Waals surface area contributed by atoms with Gasteiger partial charge in [-0.15, -0.1) is 0 Å². The lowest BCUT2D eigenvalue weighted by Crippen LogP contribution is -2.42. The molecule has 1 saturated carbocycles. The van der Waals surface area contributed by atoms with Gasteiger partial charge in [0.2, 0.25) is 0 Å². The number of nitrogen functional groups attached to an aromatic ring is 1. The first-order valence-corrected chi connectivity index (χ1v) is 12.3. The van der Waals surface area contributed by atoms with E-state index in [2.05, 4.69) is 63.1 Å². The maximum absolute atomic E-state index is 6.32. The average molecular weight is 460 g/mol. The minimum atomic E-state index is -0.0120. The molecule has 0 radical (unpaired) electrons. The Morgan fingerprint density at radius 1 is 1.15 bits per heavy atom. The lowest BCUT2D eigenvalue weighted by molar-refractivity contribution is 0.332. The van der Waals surface area contributed by atoms with Crippen LogP contribution >= 0.6 is 0 Å². The molecule has 5 rings (SSSR count). The van der Waals surface area contributed by atoms with Gasteiger partial charge in [-0.2, -0.15) is 0 Å². The van der Waals surface area contributed by atoms with Gasteiger partial charge >= 0.3 is 0 Å². The smallest absolute Gasteiger partial charge is 0.0973 e. The van der Waals surface area contributed by atoms with Gasteiger partial charge in [-0.25, -0.2) is 0 Å². The highest BCUT2D eigenvalue weighted by Gasteiger charge is 2.54. The van der Waals surface area contributed by atoms with Crippen LogP contribution in [0.3, 0.4) is 0 Å². The van der Waals surface area contributed by atoms with Crippen molar-refractivity contribution in [3.8, 4) is 0 Å². The van der Waals surface area contributed by atoms with Crippen molar-refractivity contribution in [2.75, 3.05) is 44.8 Å². The number of nitrogens with one attached hydrogen (secondary N) is 3. The molecule has 0 spiro atoms. The highest BCUT2D eigenvalue weighted by atomic mass is 15.3. The number of benzene rings is 2. The third kappa shape index (κ3) is 4.14. The highest BCUT2D eigenvalue weighted by Crippen LogP contribution is 2.45. The number of rotatable bonds is 7. The topological polar surface area (TPSA) is 104 Å². The molecule has 1 aliphatic carbocycles. The molecule has 1 saturated heterocycles. The summed E-state index contributed by atoms with van der Waals surface area (Å²) in [6.07, 6.45) is 5.19. The van der Waals surface area contributed by atoms with E-state index in [4.69, 9.17) is 11.5 Å². The number of aliphatic imine (C=N–C) groups is 1. The minimum Gasteiger partial charge on any atom is -0.398 e. The second-order valence-corrected chi connectivity index (χ2v) is 9.86. The van der Waals surface area contributed by atoms with Crippen molar-refractivity contribution >= 4 is 17.6 Å². The molecule has 2 aromatic rings. The molecule has 2 heterocycles. The summed E-state index contributed by atoms with van der Waals surface area (Å²) < 4.78 is 0. The summed E-state index contributed by atoms with van der Waals surface area (Å²) in [7, 11) is 3.78. The third-order valence-electron chi connectivity index (χ3n) is 7.72. The molecule has 7 N–H and O–H groups in total. The van der Waals surface area contributed by atoms with Crippen LogP contribution in [0.15, 0.2) is 53.3 Å². The van der Waals surface area contributed by atoms with E-state index in [1.165, 1.54) is 22.6 Å². The molecular weight excluding hydrogens is 422 g/mol. The quantitative estimate of drug-likeness (QED) is 0.322. The Balaban J connectivity index is 1.37. The molecule has 180 valence electrons. The molecule has 34 heavy (non-hydrogen) atoms. The molecular formula is C27H37N7. The summed E-state index contributed by atoms with van der Waals surface area (Å²) in [5.74, 6) is 2.67. The second-order valence-electron chi connectivity index (χ2n) is 9.86. The number of nitrogens with two attached hydrogens (primary N) is 2. The normalized spacial score (nSPS) is 26.7. The Labute approximate surface area is 202 Å². The zero-order valence-corrected chi connectivity index (χ0v) is 20.4. The molecule has 2 aliphatic heterocycles. The van der Waals surface area contributed by atoms with Crippen LogP contribution in [0.4, 0.5) is 11.4 Å². The maximum atomic E-state index is 6.32. The van der Waals surface area contributed by atoms with Gasteiger partial charge in [0.05, 0.1) is 11.9 Å². The summed E-state index contributed by atoms with van der Waals surface area (Å²) in [6, 6.07) is 13.3. The number of fused-ring (bicyclic) bond motifs is 1. The molecule has 2 fully saturated rings. The van der Waals surface area contributed by atoms with Crippen LogP contribution in [-0.4, -0.2) is 56.9 Å². The lowest BCUT2D eigenvalue weighted by atomic mass is 9.91. The highest BCUT2D eigenvalue weighted by molar-refractivity contribution is 5.89. The fraction of sp³-hybridized carbons (Fsp3) is 0.444. The predicted octanol–water partition coefficient (Wildman–Crippen LogP) is 2.44. The first-order chi connectivity index (χ1) is 16.5. The fourth-order valence-corrected chi connectivity index (χ4v) is 5.70. The van der Waals surface area contributed by atoms with Gasteiger partial charge in [-0.3, -0.25) is 4.99 Å². The van der Waals surface area contributed by atoms with Crippen LogP contribution < -0.4 is 27.4 Å². The molecule has 3 aliphatic rings. The number of likely N-dealkylation sites (tertiary alicyclic amines) is 1. The van der Waals surface area contributed by atoms with Crippen LogP contribution in [0.2, 0.25) is 0 Å². The van der Waals surface area contributed by atoms with Gasteiger partial charge in [-0.1, -0.05) is 30.3 Å². The predicted molar refractivity (Wildman–Crippen MR) is 141 cm³/mol. The maximum Gasteiger partial charge on any atom is 0.0973 e. The Morgan fingerprint density at radius 2 is 1.88 bits per heavy atom. The zero-order chi connectivity index (χ0) is 23.8. The summed E-state index contributed by atoms with van der Waals surface area (Å²) in [5.41, 5.74) is 18.9. The Kier molecular flexibility index (Phi) is 6.23. The van der Waals surface area contributed by atoms with E-state index in [1.54, 1.807) is 7.05 Å². The van der Waals surface area contributed by atoms with Crippen molar-refractivity contribution in [3.63, 3.8) is 0 Å². The average Bonchev–Trinajstić information content (AvgIpc) is 3.23. The van der Waals surface area contributed by atoms with Crippen molar-refractivity contribution < 1.29 is 0 Å². The van der Waals surface area contributed by atoms with Gasteiger partial charge in [0.15, 0.2) is 0 Å². The van der Waals surface area contributed by atoms with Gasteiger partial charge in [0.25, 0.3) is 0 Å². The molecule has 4 atom stereocenters. The number of hydrogen-bond acceptors (Lipinski definition) is 7. The molecule has 7 heteroatoms. The molecule has 0 amide bonds. The number of hydrogen-bond donors (Lipinski definition) is 5. The van der Waals surface area contributed by atoms with Gasteiger partial charge in [0.1, 0.15) is 0 Å². The van der Waals surface area contributed by atoms with E-state index >= 15 is 0 Å². The van der Waals surface area contributed by atoms with E-state index in [1.807, 2.05) is 25.4 Å². The number of nitrogens with zero attached hydrogens (tertiary/aromatic N) is 2. The van der Waals surface area contributed by atoms with Crippen LogP contribution in [-0.2, 0) is 0 Å². The summed E-state index contributed by atoms with van der Waals surface area (Å²) in [5, 5.41) is 11.0. The largest absolute Gasteiger partial charge is 0.398 e. The molecule has 0 bridgehead atoms. The molecule has 7 nitrogen and oxygen atoms in total. The Morgan fingerprint density at radius 3 is 2.56 bits per heavy atom. The number of para-hydroxylation sites is 1. The Hall–Kier alpha value is -3.03. The first kappa shape index (κ1) is 22.7.